The molecule has 1 aliphatic rings. The SMILES string of the molecule is Oc1c(Cl)cccc1CC1(O)CNC1. The molecular weight excluding hydrogens is 202 g/mol. The number of phenolic OH excluding ortho intramolecular Hbond substituents is 1. The predicted molar refractivity (Wildman–Crippen MR) is 54.6 cm³/mol. The summed E-state index contributed by atoms with van der Waals surface area (Å²) in [4.78, 5) is 0. The monoisotopic (exact) mass is 213 g/mol. The zero-order valence-electron chi connectivity index (χ0n) is 7.63. The number of nitrogens with one attached hydrogen (secondary N) is 1. The van der Waals surface area contributed by atoms with Crippen LogP contribution in [0.5, 0.6) is 5.75 Å². The molecule has 0 bridgehead atoms. The summed E-state index contributed by atoms with van der Waals surface area (Å²) in [7, 11) is 0. The largest absolute Gasteiger partial charge is 0.506 e. The standard InChI is InChI=1S/C10H12ClNO2/c11-8-3-1-2-7(9(8)13)4-10(14)5-12-6-10/h1-3,12-14H,4-6H2. The topological polar surface area (TPSA) is 52.5 Å². The molecule has 1 aliphatic heterocycles. The molecule has 2 rings (SSSR count). The van der Waals surface area contributed by atoms with Crippen molar-refractivity contribution in [1.29, 1.82) is 0 Å². The molecule has 3 nitrogen and oxygen atoms in total. The Labute approximate surface area is 87.3 Å². The fourth-order valence-corrected chi connectivity index (χ4v) is 1.79. The number of rotatable bonds is 2. The van der Waals surface area contributed by atoms with Crippen LogP contribution in [0.3, 0.4) is 0 Å². The number of benzene rings is 1. The first-order valence-electron chi connectivity index (χ1n) is 4.50. The third kappa shape index (κ3) is 1.71. The maximum absolute atomic E-state index is 9.86. The fraction of sp³-hybridized carbons (Fsp3) is 0.400. The second kappa shape index (κ2) is 3.42. The number of para-hydroxylation sites is 1. The van der Waals surface area contributed by atoms with Crippen LogP contribution in [0.2, 0.25) is 5.02 Å². The minimum Gasteiger partial charge on any atom is -0.506 e. The van der Waals surface area contributed by atoms with E-state index in [0.717, 1.165) is 0 Å². The first-order chi connectivity index (χ1) is 6.61. The Hall–Kier alpha value is -0.770. The molecule has 0 amide bonds. The Morgan fingerprint density at radius 2 is 2.14 bits per heavy atom. The Kier molecular flexibility index (Phi) is 2.39. The van der Waals surface area contributed by atoms with Crippen LogP contribution >= 0.6 is 11.6 Å². The van der Waals surface area contributed by atoms with Gasteiger partial charge in [-0.25, -0.2) is 0 Å². The van der Waals surface area contributed by atoms with Crippen molar-refractivity contribution in [2.45, 2.75) is 12.0 Å². The van der Waals surface area contributed by atoms with Gasteiger partial charge in [-0.05, 0) is 11.6 Å². The number of aromatic hydroxyl groups is 1. The van der Waals surface area contributed by atoms with Crippen LogP contribution in [0.25, 0.3) is 0 Å². The predicted octanol–water partition coefficient (Wildman–Crippen LogP) is 0.922. The van der Waals surface area contributed by atoms with Gasteiger partial charge in [0.2, 0.25) is 0 Å². The number of β-amino-alcohol motifs (C(OH)–C–C–N with tert-alkyl or cyclic N) is 1. The van der Waals surface area contributed by atoms with Crippen molar-refractivity contribution >= 4 is 11.6 Å². The Morgan fingerprint density at radius 1 is 1.43 bits per heavy atom. The van der Waals surface area contributed by atoms with Crippen LogP contribution in [0.4, 0.5) is 0 Å². The molecule has 0 aliphatic carbocycles. The lowest BCUT2D eigenvalue weighted by molar-refractivity contribution is -0.00943. The first-order valence-corrected chi connectivity index (χ1v) is 4.88. The van der Waals surface area contributed by atoms with Gasteiger partial charge in [0.15, 0.2) is 0 Å². The lowest BCUT2D eigenvalue weighted by Crippen LogP contribution is -2.60. The molecule has 14 heavy (non-hydrogen) atoms. The minimum absolute atomic E-state index is 0.0782. The minimum atomic E-state index is -0.720. The van der Waals surface area contributed by atoms with E-state index in [9.17, 15) is 10.2 Å². The highest BCUT2D eigenvalue weighted by Gasteiger charge is 2.35. The van der Waals surface area contributed by atoms with Gasteiger partial charge in [-0.3, -0.25) is 0 Å². The Balaban J connectivity index is 2.20. The van der Waals surface area contributed by atoms with Gasteiger partial charge in [0.1, 0.15) is 5.75 Å². The van der Waals surface area contributed by atoms with E-state index in [4.69, 9.17) is 11.6 Å². The molecule has 1 aromatic carbocycles. The second-order valence-electron chi connectivity index (χ2n) is 3.75. The molecule has 4 heteroatoms. The summed E-state index contributed by atoms with van der Waals surface area (Å²) in [6.07, 6.45) is 0.437. The van der Waals surface area contributed by atoms with Gasteiger partial charge < -0.3 is 15.5 Å². The van der Waals surface area contributed by atoms with Crippen LogP contribution in [0.15, 0.2) is 18.2 Å². The third-order valence-electron chi connectivity index (χ3n) is 2.50. The number of aliphatic hydroxyl groups is 1. The van der Waals surface area contributed by atoms with Gasteiger partial charge in [-0.2, -0.15) is 0 Å². The molecular formula is C10H12ClNO2. The Bertz CT molecular complexity index is 350. The van der Waals surface area contributed by atoms with Gasteiger partial charge in [0.25, 0.3) is 0 Å². The molecule has 0 spiro atoms. The average molecular weight is 214 g/mol. The average Bonchev–Trinajstić information content (AvgIpc) is 2.10. The van der Waals surface area contributed by atoms with E-state index in [1.165, 1.54) is 0 Å². The maximum atomic E-state index is 9.86. The summed E-state index contributed by atoms with van der Waals surface area (Å²) in [5, 5.41) is 22.8. The smallest absolute Gasteiger partial charge is 0.137 e. The van der Waals surface area contributed by atoms with Crippen molar-refractivity contribution in [3.8, 4) is 5.75 Å². The van der Waals surface area contributed by atoms with E-state index in [1.54, 1.807) is 18.2 Å². The quantitative estimate of drug-likeness (QED) is 0.685. The van der Waals surface area contributed by atoms with Crippen LogP contribution < -0.4 is 5.32 Å². The van der Waals surface area contributed by atoms with E-state index in [0.29, 0.717) is 30.1 Å². The molecule has 0 radical (unpaired) electrons. The number of halogens is 1. The lowest BCUT2D eigenvalue weighted by Gasteiger charge is -2.37. The molecule has 0 atom stereocenters. The van der Waals surface area contributed by atoms with Gasteiger partial charge >= 0.3 is 0 Å². The second-order valence-corrected chi connectivity index (χ2v) is 4.16. The number of phenols is 1. The van der Waals surface area contributed by atoms with Gasteiger partial charge in [-0.1, -0.05) is 23.7 Å². The fourth-order valence-electron chi connectivity index (χ4n) is 1.60. The van der Waals surface area contributed by atoms with Crippen molar-refractivity contribution < 1.29 is 10.2 Å². The van der Waals surface area contributed by atoms with Gasteiger partial charge in [0, 0.05) is 19.5 Å². The summed E-state index contributed by atoms with van der Waals surface area (Å²) in [5.74, 6) is 0.0782. The molecule has 1 saturated heterocycles. The normalized spacial score (nSPS) is 19.0. The highest BCUT2D eigenvalue weighted by Crippen LogP contribution is 2.30. The maximum Gasteiger partial charge on any atom is 0.137 e. The van der Waals surface area contributed by atoms with Crippen molar-refractivity contribution in [1.82, 2.24) is 5.32 Å². The summed E-state index contributed by atoms with van der Waals surface area (Å²) >= 11 is 5.76. The lowest BCUT2D eigenvalue weighted by atomic mass is 9.89. The van der Waals surface area contributed by atoms with Gasteiger partial charge in [0.05, 0.1) is 10.6 Å². The zero-order chi connectivity index (χ0) is 10.2. The molecule has 0 aromatic heterocycles. The number of hydrogen-bond donors (Lipinski definition) is 3. The number of hydrogen-bond acceptors (Lipinski definition) is 3. The molecule has 1 fully saturated rings. The molecule has 0 unspecified atom stereocenters. The first kappa shape index (κ1) is 9.77. The van der Waals surface area contributed by atoms with E-state index in [1.807, 2.05) is 0 Å². The summed E-state index contributed by atoms with van der Waals surface area (Å²) in [6.45, 7) is 1.14. The Morgan fingerprint density at radius 3 is 2.71 bits per heavy atom. The van der Waals surface area contributed by atoms with E-state index < -0.39 is 5.60 Å². The van der Waals surface area contributed by atoms with Crippen molar-refractivity contribution in [2.75, 3.05) is 13.1 Å². The summed E-state index contributed by atoms with van der Waals surface area (Å²) in [5.41, 5.74) is -0.0242. The van der Waals surface area contributed by atoms with Crippen molar-refractivity contribution in [3.63, 3.8) is 0 Å². The summed E-state index contributed by atoms with van der Waals surface area (Å²) in [6, 6.07) is 5.17. The zero-order valence-corrected chi connectivity index (χ0v) is 8.38. The van der Waals surface area contributed by atoms with Crippen molar-refractivity contribution in [2.24, 2.45) is 0 Å². The third-order valence-corrected chi connectivity index (χ3v) is 2.80. The highest BCUT2D eigenvalue weighted by molar-refractivity contribution is 6.32. The van der Waals surface area contributed by atoms with Crippen LogP contribution in [-0.2, 0) is 6.42 Å². The van der Waals surface area contributed by atoms with Gasteiger partial charge in [-0.15, -0.1) is 0 Å². The van der Waals surface area contributed by atoms with Crippen LogP contribution in [0, 0.1) is 0 Å². The van der Waals surface area contributed by atoms with E-state index >= 15 is 0 Å². The van der Waals surface area contributed by atoms with E-state index in [2.05, 4.69) is 5.32 Å². The molecule has 76 valence electrons. The van der Waals surface area contributed by atoms with Crippen molar-refractivity contribution in [3.05, 3.63) is 28.8 Å². The molecule has 1 heterocycles. The molecule has 1 aromatic rings. The summed E-state index contributed by atoms with van der Waals surface area (Å²) < 4.78 is 0. The highest BCUT2D eigenvalue weighted by atomic mass is 35.5. The van der Waals surface area contributed by atoms with E-state index in [-0.39, 0.29) is 5.75 Å². The van der Waals surface area contributed by atoms with Crippen LogP contribution in [-0.4, -0.2) is 28.9 Å². The molecule has 0 saturated carbocycles. The molecule has 3 N–H and O–H groups in total. The van der Waals surface area contributed by atoms with Crippen LogP contribution in [0.1, 0.15) is 5.56 Å².